The van der Waals surface area contributed by atoms with Crippen molar-refractivity contribution in [1.29, 1.82) is 0 Å². The fraction of sp³-hybridized carbons (Fsp3) is 0.520. The minimum atomic E-state index is -0.482. The number of rotatable bonds is 4. The molecule has 5 heteroatoms. The van der Waals surface area contributed by atoms with Crippen LogP contribution < -0.4 is 9.47 Å². The first-order chi connectivity index (χ1) is 14.6. The fourth-order valence-corrected chi connectivity index (χ4v) is 5.83. The van der Waals surface area contributed by atoms with E-state index in [0.29, 0.717) is 12.6 Å². The number of methoxy groups -OCH3 is 2. The Morgan fingerprint density at radius 1 is 0.967 bits per heavy atom. The monoisotopic (exact) mass is 409 g/mol. The van der Waals surface area contributed by atoms with E-state index in [1.165, 1.54) is 11.1 Å². The molecule has 0 N–H and O–H groups in total. The van der Waals surface area contributed by atoms with Crippen molar-refractivity contribution in [2.45, 2.75) is 49.0 Å². The van der Waals surface area contributed by atoms with Crippen molar-refractivity contribution in [2.24, 2.45) is 0 Å². The third kappa shape index (κ3) is 3.11. The molecule has 30 heavy (non-hydrogen) atoms. The standard InChI is InChI=1S/C25H31NO4/c1-26-14-13-24(19-9-10-20(27-2)21(15-19)28-3)11-12-25(16-23(24)26)29-17-22(30-25)18-7-5-4-6-8-18/h4-10,15,22-23H,11-14,16-17H2,1-3H3/t22-,23?,24?,25?/m1/s1. The minimum Gasteiger partial charge on any atom is -0.493 e. The van der Waals surface area contributed by atoms with Crippen LogP contribution in [0, 0.1) is 0 Å². The summed E-state index contributed by atoms with van der Waals surface area (Å²) in [5.41, 5.74) is 2.63. The SMILES string of the molecule is COc1ccc(C23CCN(C)C2CC2(CC3)OC[C@H](c3ccccc3)O2)cc1OC. The molecular formula is C25H31NO4. The largest absolute Gasteiger partial charge is 0.493 e. The van der Waals surface area contributed by atoms with Crippen molar-refractivity contribution in [1.82, 2.24) is 4.90 Å². The van der Waals surface area contributed by atoms with Crippen LogP contribution in [-0.4, -0.2) is 51.1 Å². The molecule has 1 saturated carbocycles. The summed E-state index contributed by atoms with van der Waals surface area (Å²) < 4.78 is 24.0. The molecule has 0 aromatic heterocycles. The molecule has 0 radical (unpaired) electrons. The first kappa shape index (κ1) is 19.9. The Bertz CT molecular complexity index is 903. The maximum Gasteiger partial charge on any atom is 0.170 e. The molecule has 2 aromatic carbocycles. The first-order valence-electron chi connectivity index (χ1n) is 10.9. The highest BCUT2D eigenvalue weighted by molar-refractivity contribution is 5.46. The first-order valence-corrected chi connectivity index (χ1v) is 10.9. The molecule has 2 aliphatic heterocycles. The molecule has 3 unspecified atom stereocenters. The maximum absolute atomic E-state index is 6.60. The number of likely N-dealkylation sites (N-methyl/N-ethyl adjacent to an activating group) is 1. The van der Waals surface area contributed by atoms with Gasteiger partial charge in [-0.25, -0.2) is 0 Å². The van der Waals surface area contributed by atoms with E-state index in [1.807, 2.05) is 12.1 Å². The van der Waals surface area contributed by atoms with Crippen molar-refractivity contribution >= 4 is 0 Å². The number of ether oxygens (including phenoxy) is 4. The molecule has 0 amide bonds. The molecule has 5 rings (SSSR count). The number of benzene rings is 2. The molecule has 4 atom stereocenters. The lowest BCUT2D eigenvalue weighted by atomic mass is 9.64. The number of fused-ring (bicyclic) bond motifs is 1. The Kier molecular flexibility index (Phi) is 5.00. The zero-order chi connectivity index (χ0) is 20.8. The second kappa shape index (κ2) is 7.56. The van der Waals surface area contributed by atoms with E-state index in [2.05, 4.69) is 48.3 Å². The van der Waals surface area contributed by atoms with Crippen LogP contribution in [0.5, 0.6) is 11.5 Å². The average Bonchev–Trinajstić information content (AvgIpc) is 3.36. The lowest BCUT2D eigenvalue weighted by Gasteiger charge is -2.48. The van der Waals surface area contributed by atoms with Gasteiger partial charge in [0, 0.05) is 24.3 Å². The third-order valence-corrected chi connectivity index (χ3v) is 7.52. The van der Waals surface area contributed by atoms with Gasteiger partial charge in [0.05, 0.1) is 20.8 Å². The molecular weight excluding hydrogens is 378 g/mol. The molecule has 1 aliphatic carbocycles. The van der Waals surface area contributed by atoms with E-state index in [4.69, 9.17) is 18.9 Å². The van der Waals surface area contributed by atoms with Gasteiger partial charge in [-0.1, -0.05) is 36.4 Å². The van der Waals surface area contributed by atoms with E-state index in [0.717, 1.165) is 43.7 Å². The third-order valence-electron chi connectivity index (χ3n) is 7.52. The van der Waals surface area contributed by atoms with Crippen molar-refractivity contribution in [3.63, 3.8) is 0 Å². The molecule has 3 fully saturated rings. The Hall–Kier alpha value is -2.08. The lowest BCUT2D eigenvalue weighted by Crippen LogP contribution is -2.52. The second-order valence-corrected chi connectivity index (χ2v) is 8.92. The molecule has 160 valence electrons. The van der Waals surface area contributed by atoms with E-state index in [9.17, 15) is 0 Å². The zero-order valence-corrected chi connectivity index (χ0v) is 18.1. The van der Waals surface area contributed by atoms with Crippen molar-refractivity contribution < 1.29 is 18.9 Å². The Labute approximate surface area is 178 Å². The van der Waals surface area contributed by atoms with Crippen molar-refractivity contribution in [3.8, 4) is 11.5 Å². The molecule has 5 nitrogen and oxygen atoms in total. The van der Waals surface area contributed by atoms with Gasteiger partial charge in [-0.3, -0.25) is 0 Å². The van der Waals surface area contributed by atoms with Crippen molar-refractivity contribution in [2.75, 3.05) is 34.4 Å². The molecule has 1 spiro atoms. The number of hydrogen-bond donors (Lipinski definition) is 0. The summed E-state index contributed by atoms with van der Waals surface area (Å²) in [7, 11) is 5.62. The van der Waals surface area contributed by atoms with Crippen LogP contribution in [0.3, 0.4) is 0 Å². The summed E-state index contributed by atoms with van der Waals surface area (Å²) in [6.07, 6.45) is 4.00. The van der Waals surface area contributed by atoms with Crippen molar-refractivity contribution in [3.05, 3.63) is 59.7 Å². The summed E-state index contributed by atoms with van der Waals surface area (Å²) in [5, 5.41) is 0. The maximum atomic E-state index is 6.60. The van der Waals surface area contributed by atoms with E-state index in [-0.39, 0.29) is 11.5 Å². The van der Waals surface area contributed by atoms with Crippen LogP contribution >= 0.6 is 0 Å². The van der Waals surface area contributed by atoms with Crippen LogP contribution in [0.4, 0.5) is 0 Å². The highest BCUT2D eigenvalue weighted by Crippen LogP contribution is 2.55. The molecule has 2 saturated heterocycles. The van der Waals surface area contributed by atoms with Gasteiger partial charge in [0.2, 0.25) is 0 Å². The Morgan fingerprint density at radius 2 is 1.77 bits per heavy atom. The van der Waals surface area contributed by atoms with E-state index >= 15 is 0 Å². The molecule has 3 aliphatic rings. The van der Waals surface area contributed by atoms with Crippen LogP contribution in [0.15, 0.2) is 48.5 Å². The zero-order valence-electron chi connectivity index (χ0n) is 18.1. The predicted octanol–water partition coefficient (Wildman–Crippen LogP) is 4.31. The van der Waals surface area contributed by atoms with Gasteiger partial charge in [0.1, 0.15) is 6.10 Å². The second-order valence-electron chi connectivity index (χ2n) is 8.92. The number of nitrogens with zero attached hydrogens (tertiary/aromatic N) is 1. The summed E-state index contributed by atoms with van der Waals surface area (Å²) in [4.78, 5) is 2.49. The summed E-state index contributed by atoms with van der Waals surface area (Å²) in [6.45, 7) is 1.71. The normalized spacial score (nSPS) is 33.6. The average molecular weight is 410 g/mol. The van der Waals surface area contributed by atoms with Gasteiger partial charge < -0.3 is 23.8 Å². The van der Waals surface area contributed by atoms with Gasteiger partial charge in [0.15, 0.2) is 17.3 Å². The Balaban J connectivity index is 1.42. The molecule has 2 heterocycles. The fourth-order valence-electron chi connectivity index (χ4n) is 5.83. The van der Waals surface area contributed by atoms with Crippen LogP contribution in [0.2, 0.25) is 0 Å². The lowest BCUT2D eigenvalue weighted by molar-refractivity contribution is -0.204. The van der Waals surface area contributed by atoms with E-state index in [1.54, 1.807) is 14.2 Å². The minimum absolute atomic E-state index is 0.0199. The molecule has 2 aromatic rings. The van der Waals surface area contributed by atoms with Gasteiger partial charge in [-0.05, 0) is 49.7 Å². The van der Waals surface area contributed by atoms with Crippen LogP contribution in [0.1, 0.15) is 42.9 Å². The highest BCUT2D eigenvalue weighted by atomic mass is 16.7. The van der Waals surface area contributed by atoms with E-state index < -0.39 is 5.79 Å². The van der Waals surface area contributed by atoms with Gasteiger partial charge in [0.25, 0.3) is 0 Å². The van der Waals surface area contributed by atoms with Gasteiger partial charge in [-0.15, -0.1) is 0 Å². The van der Waals surface area contributed by atoms with Crippen LogP contribution in [-0.2, 0) is 14.9 Å². The Morgan fingerprint density at radius 3 is 2.53 bits per heavy atom. The summed E-state index contributed by atoms with van der Waals surface area (Å²) in [5.74, 6) is 1.10. The molecule has 0 bridgehead atoms. The summed E-state index contributed by atoms with van der Waals surface area (Å²) in [6, 6.07) is 17.2. The quantitative estimate of drug-likeness (QED) is 0.752. The summed E-state index contributed by atoms with van der Waals surface area (Å²) >= 11 is 0. The topological polar surface area (TPSA) is 40.2 Å². The van der Waals surface area contributed by atoms with Gasteiger partial charge >= 0.3 is 0 Å². The van der Waals surface area contributed by atoms with Gasteiger partial charge in [-0.2, -0.15) is 0 Å². The highest BCUT2D eigenvalue weighted by Gasteiger charge is 2.57. The smallest absolute Gasteiger partial charge is 0.170 e. The number of hydrogen-bond acceptors (Lipinski definition) is 5. The number of likely N-dealkylation sites (tertiary alicyclic amines) is 1. The van der Waals surface area contributed by atoms with Crippen LogP contribution in [0.25, 0.3) is 0 Å². The predicted molar refractivity (Wildman–Crippen MR) is 115 cm³/mol.